The van der Waals surface area contributed by atoms with Crippen molar-refractivity contribution < 1.29 is 19.4 Å². The van der Waals surface area contributed by atoms with Crippen LogP contribution < -0.4 is 10.1 Å². The van der Waals surface area contributed by atoms with Gasteiger partial charge in [-0.1, -0.05) is 17.7 Å². The van der Waals surface area contributed by atoms with Crippen LogP contribution >= 0.6 is 0 Å². The van der Waals surface area contributed by atoms with Crippen LogP contribution in [0, 0.1) is 13.8 Å². The van der Waals surface area contributed by atoms with E-state index in [-0.39, 0.29) is 18.9 Å². The van der Waals surface area contributed by atoms with E-state index in [1.54, 1.807) is 0 Å². The third kappa shape index (κ3) is 4.57. The molecular formula is C15H21NO4. The first kappa shape index (κ1) is 16.0. The van der Waals surface area contributed by atoms with Gasteiger partial charge in [-0.15, -0.1) is 0 Å². The molecule has 5 heteroatoms. The molecule has 1 rings (SSSR count). The molecule has 0 fully saturated rings. The number of aliphatic carboxylic acids is 1. The Bertz CT molecular complexity index is 509. The second kappa shape index (κ2) is 6.41. The van der Waals surface area contributed by atoms with Gasteiger partial charge in [0.2, 0.25) is 5.91 Å². The average molecular weight is 279 g/mol. The lowest BCUT2D eigenvalue weighted by Crippen LogP contribution is -2.49. The Hall–Kier alpha value is -2.04. The van der Waals surface area contributed by atoms with E-state index in [1.807, 2.05) is 32.0 Å². The number of aryl methyl sites for hydroxylation is 2. The zero-order chi connectivity index (χ0) is 15.3. The number of carboxylic acids is 1. The number of benzene rings is 1. The van der Waals surface area contributed by atoms with Crippen molar-refractivity contribution in [2.24, 2.45) is 0 Å². The number of carboxylic acid groups (broad SMARTS) is 1. The van der Waals surface area contributed by atoms with E-state index in [9.17, 15) is 9.59 Å². The summed E-state index contributed by atoms with van der Waals surface area (Å²) in [5, 5.41) is 11.4. The van der Waals surface area contributed by atoms with Crippen LogP contribution in [0.2, 0.25) is 0 Å². The molecule has 0 aliphatic heterocycles. The molecule has 0 unspecified atom stereocenters. The Labute approximate surface area is 118 Å². The number of hydrogen-bond donors (Lipinski definition) is 2. The highest BCUT2D eigenvalue weighted by Crippen LogP contribution is 2.18. The molecule has 0 radical (unpaired) electrons. The highest BCUT2D eigenvalue weighted by molar-refractivity contribution is 5.86. The Morgan fingerprint density at radius 1 is 1.30 bits per heavy atom. The van der Waals surface area contributed by atoms with Crippen molar-refractivity contribution in [3.8, 4) is 5.75 Å². The lowest BCUT2D eigenvalue weighted by atomic mass is 10.1. The summed E-state index contributed by atoms with van der Waals surface area (Å²) in [5.74, 6) is -0.677. The minimum absolute atomic E-state index is 0.115. The van der Waals surface area contributed by atoms with Gasteiger partial charge < -0.3 is 15.2 Å². The highest BCUT2D eigenvalue weighted by Gasteiger charge is 2.28. The zero-order valence-electron chi connectivity index (χ0n) is 12.3. The van der Waals surface area contributed by atoms with Crippen molar-refractivity contribution in [2.75, 3.05) is 6.61 Å². The summed E-state index contributed by atoms with van der Waals surface area (Å²) in [6.45, 7) is 7.04. The van der Waals surface area contributed by atoms with Crippen LogP contribution in [0.5, 0.6) is 5.75 Å². The molecule has 0 aromatic heterocycles. The van der Waals surface area contributed by atoms with Crippen molar-refractivity contribution in [2.45, 2.75) is 39.7 Å². The molecule has 1 aromatic rings. The predicted molar refractivity (Wildman–Crippen MR) is 75.9 cm³/mol. The fourth-order valence-corrected chi connectivity index (χ4v) is 1.68. The fraction of sp³-hybridized carbons (Fsp3) is 0.467. The molecule has 5 nitrogen and oxygen atoms in total. The monoisotopic (exact) mass is 279 g/mol. The second-order valence-electron chi connectivity index (χ2n) is 5.35. The summed E-state index contributed by atoms with van der Waals surface area (Å²) in [6.07, 6.45) is 0.115. The Kier molecular flexibility index (Phi) is 5.13. The summed E-state index contributed by atoms with van der Waals surface area (Å²) in [7, 11) is 0. The van der Waals surface area contributed by atoms with Crippen molar-refractivity contribution in [1.82, 2.24) is 5.32 Å². The van der Waals surface area contributed by atoms with Crippen LogP contribution in [-0.2, 0) is 9.59 Å². The summed E-state index contributed by atoms with van der Waals surface area (Å²) < 4.78 is 5.53. The predicted octanol–water partition coefficient (Wildman–Crippen LogP) is 2.05. The summed E-state index contributed by atoms with van der Waals surface area (Å²) in [5.41, 5.74) is 0.892. The lowest BCUT2D eigenvalue weighted by Gasteiger charge is -2.21. The quantitative estimate of drug-likeness (QED) is 0.835. The van der Waals surface area contributed by atoms with Crippen LogP contribution in [0.25, 0.3) is 0 Å². The van der Waals surface area contributed by atoms with Crippen molar-refractivity contribution in [1.29, 1.82) is 0 Å². The van der Waals surface area contributed by atoms with Gasteiger partial charge in [-0.25, -0.2) is 4.79 Å². The van der Waals surface area contributed by atoms with Crippen molar-refractivity contribution in [3.63, 3.8) is 0 Å². The molecular weight excluding hydrogens is 258 g/mol. The van der Waals surface area contributed by atoms with E-state index in [0.717, 1.165) is 16.9 Å². The van der Waals surface area contributed by atoms with Crippen LogP contribution in [0.1, 0.15) is 31.4 Å². The maximum atomic E-state index is 11.6. The molecule has 110 valence electrons. The summed E-state index contributed by atoms with van der Waals surface area (Å²) in [6, 6.07) is 5.81. The van der Waals surface area contributed by atoms with E-state index < -0.39 is 11.5 Å². The van der Waals surface area contributed by atoms with E-state index in [1.165, 1.54) is 13.8 Å². The van der Waals surface area contributed by atoms with Gasteiger partial charge >= 0.3 is 5.97 Å². The van der Waals surface area contributed by atoms with Crippen molar-refractivity contribution in [3.05, 3.63) is 29.3 Å². The van der Waals surface area contributed by atoms with E-state index in [2.05, 4.69) is 5.32 Å². The van der Waals surface area contributed by atoms with Crippen LogP contribution in [0.15, 0.2) is 18.2 Å². The van der Waals surface area contributed by atoms with E-state index >= 15 is 0 Å². The van der Waals surface area contributed by atoms with Gasteiger partial charge in [-0.2, -0.15) is 0 Å². The minimum atomic E-state index is -1.27. The van der Waals surface area contributed by atoms with Gasteiger partial charge in [-0.05, 0) is 39.3 Å². The van der Waals surface area contributed by atoms with Gasteiger partial charge in [0.25, 0.3) is 0 Å². The molecule has 0 spiro atoms. The topological polar surface area (TPSA) is 75.6 Å². The van der Waals surface area contributed by atoms with Gasteiger partial charge in [0.15, 0.2) is 0 Å². The third-order valence-electron chi connectivity index (χ3n) is 2.90. The van der Waals surface area contributed by atoms with Gasteiger partial charge in [0, 0.05) is 0 Å². The third-order valence-corrected chi connectivity index (χ3v) is 2.90. The SMILES string of the molecule is Cc1ccc(OCCC(=O)NC(C)(C)C(=O)O)c(C)c1. The minimum Gasteiger partial charge on any atom is -0.493 e. The number of rotatable bonds is 6. The highest BCUT2D eigenvalue weighted by atomic mass is 16.5. The first-order chi connectivity index (χ1) is 9.22. The number of carbonyl (C=O) groups excluding carboxylic acids is 1. The largest absolute Gasteiger partial charge is 0.493 e. The molecule has 2 N–H and O–H groups in total. The Morgan fingerprint density at radius 3 is 2.50 bits per heavy atom. The van der Waals surface area contributed by atoms with E-state index in [0.29, 0.717) is 0 Å². The summed E-state index contributed by atoms with van der Waals surface area (Å²) >= 11 is 0. The summed E-state index contributed by atoms with van der Waals surface area (Å²) in [4.78, 5) is 22.5. The normalized spacial score (nSPS) is 11.0. The standard InChI is InChI=1S/C15H21NO4/c1-10-5-6-12(11(2)9-10)20-8-7-13(17)16-15(3,4)14(18)19/h5-6,9H,7-8H2,1-4H3,(H,16,17)(H,18,19). The fourth-order valence-electron chi connectivity index (χ4n) is 1.68. The zero-order valence-corrected chi connectivity index (χ0v) is 12.3. The number of carbonyl (C=O) groups is 2. The van der Waals surface area contributed by atoms with Gasteiger partial charge in [-0.3, -0.25) is 4.79 Å². The number of nitrogens with one attached hydrogen (secondary N) is 1. The number of amides is 1. The van der Waals surface area contributed by atoms with Crippen LogP contribution in [0.4, 0.5) is 0 Å². The van der Waals surface area contributed by atoms with Crippen molar-refractivity contribution >= 4 is 11.9 Å². The number of ether oxygens (including phenoxy) is 1. The average Bonchev–Trinajstić information content (AvgIpc) is 2.31. The molecule has 0 aliphatic carbocycles. The van der Waals surface area contributed by atoms with Crippen LogP contribution in [-0.4, -0.2) is 29.1 Å². The second-order valence-corrected chi connectivity index (χ2v) is 5.35. The molecule has 0 saturated carbocycles. The Balaban J connectivity index is 2.45. The molecule has 20 heavy (non-hydrogen) atoms. The van der Waals surface area contributed by atoms with Crippen LogP contribution in [0.3, 0.4) is 0 Å². The number of hydrogen-bond acceptors (Lipinski definition) is 3. The smallest absolute Gasteiger partial charge is 0.328 e. The molecule has 0 heterocycles. The molecule has 1 aromatic carbocycles. The molecule has 0 aliphatic rings. The molecule has 0 atom stereocenters. The lowest BCUT2D eigenvalue weighted by molar-refractivity contribution is -0.146. The van der Waals surface area contributed by atoms with Gasteiger partial charge in [0.1, 0.15) is 11.3 Å². The van der Waals surface area contributed by atoms with Gasteiger partial charge in [0.05, 0.1) is 13.0 Å². The molecule has 1 amide bonds. The molecule has 0 saturated heterocycles. The van der Waals surface area contributed by atoms with E-state index in [4.69, 9.17) is 9.84 Å². The first-order valence-electron chi connectivity index (χ1n) is 6.47. The first-order valence-corrected chi connectivity index (χ1v) is 6.47. The maximum Gasteiger partial charge on any atom is 0.328 e. The maximum absolute atomic E-state index is 11.6. The molecule has 0 bridgehead atoms. The Morgan fingerprint density at radius 2 is 1.95 bits per heavy atom.